The molecule has 3 nitrogen and oxygen atoms in total. The Balaban J connectivity index is 2.69. The minimum Gasteiger partial charge on any atom is -0.496 e. The summed E-state index contributed by atoms with van der Waals surface area (Å²) in [7, 11) is 1.09. The van der Waals surface area contributed by atoms with Crippen molar-refractivity contribution in [2.45, 2.75) is 6.18 Å². The number of ether oxygens (including phenoxy) is 1. The molecular formula is C15H10F4O3. The third-order valence-electron chi connectivity index (χ3n) is 3.03. The Kier molecular flexibility index (Phi) is 4.07. The monoisotopic (exact) mass is 314 g/mol. The summed E-state index contributed by atoms with van der Waals surface area (Å²) in [6, 6.07) is 5.86. The number of carboxylic acid groups (broad SMARTS) is 1. The SMILES string of the molecule is COc1ccc(-c2cc(F)ccc2C(=O)O)cc1C(F)(F)F. The van der Waals surface area contributed by atoms with E-state index in [0.717, 1.165) is 37.4 Å². The summed E-state index contributed by atoms with van der Waals surface area (Å²) in [4.78, 5) is 11.1. The van der Waals surface area contributed by atoms with Gasteiger partial charge in [0.1, 0.15) is 11.6 Å². The quantitative estimate of drug-likeness (QED) is 0.863. The van der Waals surface area contributed by atoms with Crippen LogP contribution in [-0.2, 0) is 6.18 Å². The molecule has 116 valence electrons. The number of hydrogen-bond donors (Lipinski definition) is 1. The molecular weight excluding hydrogens is 304 g/mol. The number of carboxylic acids is 1. The Bertz CT molecular complexity index is 723. The van der Waals surface area contributed by atoms with Gasteiger partial charge in [-0.1, -0.05) is 6.07 Å². The van der Waals surface area contributed by atoms with E-state index in [1.165, 1.54) is 6.07 Å². The first kappa shape index (κ1) is 15.8. The number of aromatic carboxylic acids is 1. The van der Waals surface area contributed by atoms with Gasteiger partial charge < -0.3 is 9.84 Å². The average molecular weight is 314 g/mol. The lowest BCUT2D eigenvalue weighted by atomic mass is 9.97. The fraction of sp³-hybridized carbons (Fsp3) is 0.133. The highest BCUT2D eigenvalue weighted by molar-refractivity contribution is 5.96. The van der Waals surface area contributed by atoms with Gasteiger partial charge in [-0.25, -0.2) is 9.18 Å². The molecule has 0 aliphatic carbocycles. The van der Waals surface area contributed by atoms with Gasteiger partial charge in [0.15, 0.2) is 0 Å². The van der Waals surface area contributed by atoms with Crippen molar-refractivity contribution >= 4 is 5.97 Å². The molecule has 22 heavy (non-hydrogen) atoms. The normalized spacial score (nSPS) is 11.3. The summed E-state index contributed by atoms with van der Waals surface area (Å²) in [6.07, 6.45) is -4.68. The molecule has 2 aromatic carbocycles. The predicted molar refractivity (Wildman–Crippen MR) is 70.3 cm³/mol. The standard InChI is InChI=1S/C15H10F4O3/c1-22-13-5-2-8(6-12(13)15(17,18)19)11-7-9(16)3-4-10(11)14(20)21/h2-7H,1H3,(H,20,21). The summed E-state index contributed by atoms with van der Waals surface area (Å²) in [6.45, 7) is 0. The second-order valence-electron chi connectivity index (χ2n) is 4.41. The van der Waals surface area contributed by atoms with Gasteiger partial charge in [-0.2, -0.15) is 13.2 Å². The van der Waals surface area contributed by atoms with Crippen LogP contribution in [0.5, 0.6) is 5.75 Å². The van der Waals surface area contributed by atoms with Crippen molar-refractivity contribution < 1.29 is 32.2 Å². The molecule has 0 radical (unpaired) electrons. The van der Waals surface area contributed by atoms with Crippen LogP contribution in [0.3, 0.4) is 0 Å². The maximum atomic E-state index is 13.3. The van der Waals surface area contributed by atoms with Crippen LogP contribution in [0.2, 0.25) is 0 Å². The van der Waals surface area contributed by atoms with Gasteiger partial charge in [-0.3, -0.25) is 0 Å². The van der Waals surface area contributed by atoms with E-state index in [1.54, 1.807) is 0 Å². The summed E-state index contributed by atoms with van der Waals surface area (Å²) in [5.41, 5.74) is -1.56. The maximum absolute atomic E-state index is 13.3. The first-order valence-electron chi connectivity index (χ1n) is 6.02. The minimum atomic E-state index is -4.68. The van der Waals surface area contributed by atoms with Gasteiger partial charge in [-0.05, 0) is 41.5 Å². The van der Waals surface area contributed by atoms with Gasteiger partial charge in [0, 0.05) is 0 Å². The van der Waals surface area contributed by atoms with Crippen molar-refractivity contribution in [1.29, 1.82) is 0 Å². The van der Waals surface area contributed by atoms with Crippen molar-refractivity contribution in [3.8, 4) is 16.9 Å². The van der Waals surface area contributed by atoms with E-state index in [1.807, 2.05) is 0 Å². The molecule has 0 fully saturated rings. The molecule has 0 atom stereocenters. The molecule has 2 aromatic rings. The van der Waals surface area contributed by atoms with Crippen LogP contribution < -0.4 is 4.74 Å². The molecule has 2 rings (SSSR count). The summed E-state index contributed by atoms with van der Waals surface area (Å²) < 4.78 is 57.0. The number of carbonyl (C=O) groups is 1. The fourth-order valence-corrected chi connectivity index (χ4v) is 2.04. The van der Waals surface area contributed by atoms with Gasteiger partial charge >= 0.3 is 12.1 Å². The first-order valence-corrected chi connectivity index (χ1v) is 6.02. The lowest BCUT2D eigenvalue weighted by molar-refractivity contribution is -0.138. The van der Waals surface area contributed by atoms with Crippen LogP contribution in [0, 0.1) is 5.82 Å². The van der Waals surface area contributed by atoms with Crippen molar-refractivity contribution in [3.63, 3.8) is 0 Å². The Labute approximate surface area is 122 Å². The zero-order valence-electron chi connectivity index (χ0n) is 11.2. The molecule has 0 aromatic heterocycles. The molecule has 0 bridgehead atoms. The number of benzene rings is 2. The lowest BCUT2D eigenvalue weighted by Crippen LogP contribution is -2.08. The first-order chi connectivity index (χ1) is 10.2. The molecule has 0 saturated carbocycles. The van der Waals surface area contributed by atoms with E-state index < -0.39 is 29.3 Å². The molecule has 0 saturated heterocycles. The zero-order valence-corrected chi connectivity index (χ0v) is 11.2. The van der Waals surface area contributed by atoms with Crippen molar-refractivity contribution in [2.24, 2.45) is 0 Å². The molecule has 1 N–H and O–H groups in total. The molecule has 0 unspecified atom stereocenters. The van der Waals surface area contributed by atoms with Crippen LogP contribution >= 0.6 is 0 Å². The Morgan fingerprint density at radius 2 is 1.82 bits per heavy atom. The molecule has 7 heteroatoms. The Morgan fingerprint density at radius 1 is 1.14 bits per heavy atom. The van der Waals surface area contributed by atoms with Gasteiger partial charge in [-0.15, -0.1) is 0 Å². The predicted octanol–water partition coefficient (Wildman–Crippen LogP) is 4.22. The van der Waals surface area contributed by atoms with E-state index >= 15 is 0 Å². The maximum Gasteiger partial charge on any atom is 0.419 e. The number of alkyl halides is 3. The van der Waals surface area contributed by atoms with E-state index in [0.29, 0.717) is 0 Å². The Morgan fingerprint density at radius 3 is 2.36 bits per heavy atom. The number of methoxy groups -OCH3 is 1. The highest BCUT2D eigenvalue weighted by Gasteiger charge is 2.34. The molecule has 0 aliphatic heterocycles. The van der Waals surface area contributed by atoms with Crippen LogP contribution in [0.25, 0.3) is 11.1 Å². The van der Waals surface area contributed by atoms with Crippen LogP contribution in [-0.4, -0.2) is 18.2 Å². The van der Waals surface area contributed by atoms with Crippen LogP contribution in [0.15, 0.2) is 36.4 Å². The van der Waals surface area contributed by atoms with E-state index in [4.69, 9.17) is 5.11 Å². The Hall–Kier alpha value is -2.57. The number of rotatable bonds is 3. The summed E-state index contributed by atoms with van der Waals surface area (Å²) in [5, 5.41) is 9.08. The van der Waals surface area contributed by atoms with E-state index in [-0.39, 0.29) is 16.7 Å². The van der Waals surface area contributed by atoms with Crippen molar-refractivity contribution in [3.05, 3.63) is 53.3 Å². The average Bonchev–Trinajstić information content (AvgIpc) is 2.45. The van der Waals surface area contributed by atoms with Crippen LogP contribution in [0.4, 0.5) is 17.6 Å². The molecule has 0 heterocycles. The largest absolute Gasteiger partial charge is 0.496 e. The van der Waals surface area contributed by atoms with E-state index in [2.05, 4.69) is 4.74 Å². The fourth-order valence-electron chi connectivity index (χ4n) is 2.04. The van der Waals surface area contributed by atoms with Crippen molar-refractivity contribution in [1.82, 2.24) is 0 Å². The lowest BCUT2D eigenvalue weighted by Gasteiger charge is -2.14. The highest BCUT2D eigenvalue weighted by Crippen LogP contribution is 2.39. The number of halogens is 4. The molecule has 0 amide bonds. The van der Waals surface area contributed by atoms with Gasteiger partial charge in [0.2, 0.25) is 0 Å². The van der Waals surface area contributed by atoms with Gasteiger partial charge in [0.25, 0.3) is 0 Å². The molecule has 0 spiro atoms. The second kappa shape index (κ2) is 5.67. The highest BCUT2D eigenvalue weighted by atomic mass is 19.4. The number of hydrogen-bond acceptors (Lipinski definition) is 2. The zero-order chi connectivity index (χ0) is 16.5. The summed E-state index contributed by atoms with van der Waals surface area (Å²) >= 11 is 0. The third kappa shape index (κ3) is 3.03. The van der Waals surface area contributed by atoms with Crippen LogP contribution in [0.1, 0.15) is 15.9 Å². The topological polar surface area (TPSA) is 46.5 Å². The third-order valence-corrected chi connectivity index (χ3v) is 3.03. The van der Waals surface area contributed by atoms with Gasteiger partial charge in [0.05, 0.1) is 18.2 Å². The van der Waals surface area contributed by atoms with E-state index in [9.17, 15) is 22.4 Å². The minimum absolute atomic E-state index is 0.0648. The van der Waals surface area contributed by atoms with Crippen molar-refractivity contribution in [2.75, 3.05) is 7.11 Å². The smallest absolute Gasteiger partial charge is 0.419 e. The molecule has 0 aliphatic rings. The summed E-state index contributed by atoms with van der Waals surface area (Å²) in [5.74, 6) is -2.51. The second-order valence-corrected chi connectivity index (χ2v) is 4.41.